The van der Waals surface area contributed by atoms with Gasteiger partial charge in [-0.2, -0.15) is 0 Å². The van der Waals surface area contributed by atoms with E-state index < -0.39 is 0 Å². The summed E-state index contributed by atoms with van der Waals surface area (Å²) in [7, 11) is 0. The van der Waals surface area contributed by atoms with Gasteiger partial charge < -0.3 is 16.2 Å². The van der Waals surface area contributed by atoms with Crippen molar-refractivity contribution in [3.8, 4) is 0 Å². The van der Waals surface area contributed by atoms with E-state index in [4.69, 9.17) is 10.8 Å². The first-order chi connectivity index (χ1) is 8.22. The zero-order chi connectivity index (χ0) is 12.3. The van der Waals surface area contributed by atoms with E-state index in [9.17, 15) is 0 Å². The van der Waals surface area contributed by atoms with Crippen LogP contribution < -0.4 is 11.1 Å². The van der Waals surface area contributed by atoms with Gasteiger partial charge in [0.1, 0.15) is 0 Å². The van der Waals surface area contributed by atoms with E-state index in [1.54, 1.807) is 0 Å². The van der Waals surface area contributed by atoms with Crippen molar-refractivity contribution >= 4 is 0 Å². The Bertz CT molecular complexity index is 367. The van der Waals surface area contributed by atoms with Crippen LogP contribution in [-0.2, 0) is 0 Å². The Morgan fingerprint density at radius 3 is 2.82 bits per heavy atom. The summed E-state index contributed by atoms with van der Waals surface area (Å²) in [5.74, 6) is 0.504. The van der Waals surface area contributed by atoms with Crippen LogP contribution in [0.15, 0.2) is 24.3 Å². The summed E-state index contributed by atoms with van der Waals surface area (Å²) in [6.07, 6.45) is 1.83. The number of hydrogen-bond donors (Lipinski definition) is 3. The average molecular weight is 234 g/mol. The molecular weight excluding hydrogens is 212 g/mol. The van der Waals surface area contributed by atoms with Gasteiger partial charge in [0.05, 0.1) is 0 Å². The lowest BCUT2D eigenvalue weighted by atomic mass is 10.1. The number of nitrogens with one attached hydrogen (secondary N) is 1. The number of rotatable bonds is 5. The van der Waals surface area contributed by atoms with Crippen molar-refractivity contribution < 1.29 is 5.11 Å². The fourth-order valence-electron chi connectivity index (χ4n) is 2.53. The monoisotopic (exact) mass is 234 g/mol. The SMILES string of the molecule is CC(CCO)CNC1CC(N)c2ccccc21. The van der Waals surface area contributed by atoms with Crippen LogP contribution in [0, 0.1) is 5.92 Å². The first-order valence-corrected chi connectivity index (χ1v) is 6.41. The van der Waals surface area contributed by atoms with E-state index in [0.29, 0.717) is 12.0 Å². The molecule has 4 N–H and O–H groups in total. The molecule has 3 nitrogen and oxygen atoms in total. The Morgan fingerprint density at radius 2 is 2.12 bits per heavy atom. The van der Waals surface area contributed by atoms with Crippen LogP contribution in [0.25, 0.3) is 0 Å². The normalized spacial score (nSPS) is 24.6. The van der Waals surface area contributed by atoms with Gasteiger partial charge in [-0.3, -0.25) is 0 Å². The standard InChI is InChI=1S/C14H22N2O/c1-10(6-7-17)9-16-14-8-13(15)11-4-2-3-5-12(11)14/h2-5,10,13-14,16-17H,6-9,15H2,1H3. The highest BCUT2D eigenvalue weighted by molar-refractivity contribution is 5.37. The second kappa shape index (κ2) is 5.63. The molecule has 3 unspecified atom stereocenters. The quantitative estimate of drug-likeness (QED) is 0.727. The summed E-state index contributed by atoms with van der Waals surface area (Å²) in [6.45, 7) is 3.36. The molecule has 17 heavy (non-hydrogen) atoms. The van der Waals surface area contributed by atoms with Gasteiger partial charge in [0.15, 0.2) is 0 Å². The van der Waals surface area contributed by atoms with Crippen LogP contribution in [0.2, 0.25) is 0 Å². The van der Waals surface area contributed by atoms with Gasteiger partial charge in [-0.15, -0.1) is 0 Å². The highest BCUT2D eigenvalue weighted by atomic mass is 16.3. The van der Waals surface area contributed by atoms with Gasteiger partial charge in [0.2, 0.25) is 0 Å². The lowest BCUT2D eigenvalue weighted by molar-refractivity contribution is 0.257. The third kappa shape index (κ3) is 2.86. The molecule has 0 aliphatic heterocycles. The number of aliphatic hydroxyl groups excluding tert-OH is 1. The van der Waals surface area contributed by atoms with Crippen molar-refractivity contribution in [2.24, 2.45) is 11.7 Å². The van der Waals surface area contributed by atoms with Gasteiger partial charge >= 0.3 is 0 Å². The number of aliphatic hydroxyl groups is 1. The Morgan fingerprint density at radius 1 is 1.41 bits per heavy atom. The molecule has 1 aliphatic carbocycles. The molecule has 94 valence electrons. The van der Waals surface area contributed by atoms with Crippen LogP contribution >= 0.6 is 0 Å². The van der Waals surface area contributed by atoms with Crippen molar-refractivity contribution in [2.75, 3.05) is 13.2 Å². The first kappa shape index (κ1) is 12.6. The highest BCUT2D eigenvalue weighted by Gasteiger charge is 2.27. The number of fused-ring (bicyclic) bond motifs is 1. The highest BCUT2D eigenvalue weighted by Crippen LogP contribution is 2.36. The summed E-state index contributed by atoms with van der Waals surface area (Å²) < 4.78 is 0. The molecule has 0 bridgehead atoms. The summed E-state index contributed by atoms with van der Waals surface area (Å²) in [5.41, 5.74) is 8.74. The van der Waals surface area contributed by atoms with E-state index in [2.05, 4.69) is 36.5 Å². The molecule has 0 spiro atoms. The van der Waals surface area contributed by atoms with Crippen LogP contribution in [0.3, 0.4) is 0 Å². The fraction of sp³-hybridized carbons (Fsp3) is 0.571. The maximum atomic E-state index is 8.88. The lowest BCUT2D eigenvalue weighted by Gasteiger charge is -2.17. The van der Waals surface area contributed by atoms with Crippen molar-refractivity contribution in [3.63, 3.8) is 0 Å². The van der Waals surface area contributed by atoms with Crippen LogP contribution in [0.4, 0.5) is 0 Å². The predicted octanol–water partition coefficient (Wildman–Crippen LogP) is 1.74. The molecule has 0 amide bonds. The Hall–Kier alpha value is -0.900. The Kier molecular flexibility index (Phi) is 4.15. The summed E-state index contributed by atoms with van der Waals surface area (Å²) in [4.78, 5) is 0. The van der Waals surface area contributed by atoms with Gasteiger partial charge in [-0.1, -0.05) is 31.2 Å². The van der Waals surface area contributed by atoms with Crippen LogP contribution in [-0.4, -0.2) is 18.3 Å². The molecule has 1 aromatic carbocycles. The molecule has 3 atom stereocenters. The van der Waals surface area contributed by atoms with Crippen molar-refractivity contribution in [1.29, 1.82) is 0 Å². The zero-order valence-electron chi connectivity index (χ0n) is 10.4. The second-order valence-electron chi connectivity index (χ2n) is 5.05. The Labute approximate surface area is 103 Å². The second-order valence-corrected chi connectivity index (χ2v) is 5.05. The molecule has 1 aromatic rings. The van der Waals surface area contributed by atoms with Crippen molar-refractivity contribution in [2.45, 2.75) is 31.8 Å². The average Bonchev–Trinajstić information content (AvgIpc) is 2.65. The molecule has 0 saturated carbocycles. The molecule has 0 radical (unpaired) electrons. The minimum atomic E-state index is 0.164. The molecule has 0 fully saturated rings. The van der Waals surface area contributed by atoms with Gasteiger partial charge in [0, 0.05) is 18.7 Å². The van der Waals surface area contributed by atoms with Crippen molar-refractivity contribution in [1.82, 2.24) is 5.32 Å². The van der Waals surface area contributed by atoms with Crippen LogP contribution in [0.5, 0.6) is 0 Å². The number of benzene rings is 1. The predicted molar refractivity (Wildman–Crippen MR) is 69.6 cm³/mol. The van der Waals surface area contributed by atoms with E-state index >= 15 is 0 Å². The zero-order valence-corrected chi connectivity index (χ0v) is 10.4. The van der Waals surface area contributed by atoms with E-state index in [-0.39, 0.29) is 12.6 Å². The fourth-order valence-corrected chi connectivity index (χ4v) is 2.53. The smallest absolute Gasteiger partial charge is 0.0434 e. The van der Waals surface area contributed by atoms with Gasteiger partial charge in [-0.25, -0.2) is 0 Å². The first-order valence-electron chi connectivity index (χ1n) is 6.41. The minimum Gasteiger partial charge on any atom is -0.396 e. The van der Waals surface area contributed by atoms with Gasteiger partial charge in [0.25, 0.3) is 0 Å². The van der Waals surface area contributed by atoms with Crippen LogP contribution in [0.1, 0.15) is 43.0 Å². The summed E-state index contributed by atoms with van der Waals surface area (Å²) >= 11 is 0. The summed E-state index contributed by atoms with van der Waals surface area (Å²) in [6, 6.07) is 8.95. The molecule has 2 rings (SSSR count). The third-order valence-corrected chi connectivity index (χ3v) is 3.60. The minimum absolute atomic E-state index is 0.164. The summed E-state index contributed by atoms with van der Waals surface area (Å²) in [5, 5.41) is 12.4. The van der Waals surface area contributed by atoms with E-state index in [1.807, 2.05) is 0 Å². The maximum absolute atomic E-state index is 8.88. The molecule has 1 aliphatic rings. The lowest BCUT2D eigenvalue weighted by Crippen LogP contribution is -2.25. The number of hydrogen-bond acceptors (Lipinski definition) is 3. The topological polar surface area (TPSA) is 58.3 Å². The molecule has 0 aromatic heterocycles. The molecule has 0 heterocycles. The number of nitrogens with two attached hydrogens (primary N) is 1. The Balaban J connectivity index is 1.96. The molecule has 0 saturated heterocycles. The van der Waals surface area contributed by atoms with Crippen molar-refractivity contribution in [3.05, 3.63) is 35.4 Å². The molecule has 3 heteroatoms. The maximum Gasteiger partial charge on any atom is 0.0434 e. The van der Waals surface area contributed by atoms with E-state index in [0.717, 1.165) is 19.4 Å². The largest absolute Gasteiger partial charge is 0.396 e. The third-order valence-electron chi connectivity index (χ3n) is 3.60. The van der Waals surface area contributed by atoms with Gasteiger partial charge in [-0.05, 0) is 36.4 Å². The van der Waals surface area contributed by atoms with E-state index in [1.165, 1.54) is 11.1 Å². The molecular formula is C14H22N2O.